The van der Waals surface area contributed by atoms with Crippen molar-refractivity contribution in [1.29, 1.82) is 0 Å². The van der Waals surface area contributed by atoms with Gasteiger partial charge in [-0.1, -0.05) is 114 Å². The van der Waals surface area contributed by atoms with E-state index in [0.717, 1.165) is 90.4 Å². The number of likely N-dealkylation sites (N-methyl/N-ethyl adjacent to an activating group) is 1. The van der Waals surface area contributed by atoms with Crippen molar-refractivity contribution >= 4 is 0 Å². The number of aliphatic hydroxyl groups excluding tert-OH is 2. The lowest BCUT2D eigenvalue weighted by Gasteiger charge is -2.19. The largest absolute Gasteiger partial charge is 0.392 e. The Morgan fingerprint density at radius 1 is 0.500 bits per heavy atom. The summed E-state index contributed by atoms with van der Waals surface area (Å²) in [7, 11) is 2.13. The molecule has 0 aliphatic carbocycles. The van der Waals surface area contributed by atoms with Gasteiger partial charge in [0.1, 0.15) is 0 Å². The molecule has 4 N–H and O–H groups in total. The second-order valence-electron chi connectivity index (χ2n) is 12.6. The summed E-state index contributed by atoms with van der Waals surface area (Å²) >= 11 is 0. The molecule has 0 aromatic heterocycles. The summed E-state index contributed by atoms with van der Waals surface area (Å²) in [6.45, 7) is 9.53. The topological polar surface area (TPSA) is 67.8 Å². The Bertz CT molecular complexity index is 620. The zero-order chi connectivity index (χ0) is 32.2. The van der Waals surface area contributed by atoms with E-state index in [-0.39, 0.29) is 12.2 Å². The van der Waals surface area contributed by atoms with Gasteiger partial charge in [0.15, 0.2) is 0 Å². The molecule has 0 amide bonds. The van der Waals surface area contributed by atoms with E-state index in [4.69, 9.17) is 0 Å². The number of hydrogen-bond acceptors (Lipinski definition) is 5. The van der Waals surface area contributed by atoms with E-state index in [2.05, 4.69) is 85.0 Å². The quantitative estimate of drug-likeness (QED) is 0.0429. The van der Waals surface area contributed by atoms with Crippen molar-refractivity contribution < 1.29 is 10.2 Å². The first kappa shape index (κ1) is 42.8. The minimum Gasteiger partial charge on any atom is -0.392 e. The molecule has 0 aliphatic rings. The molecule has 0 bridgehead atoms. The molecule has 258 valence electrons. The van der Waals surface area contributed by atoms with Crippen molar-refractivity contribution in [2.75, 3.05) is 46.3 Å². The number of rotatable bonds is 34. The van der Waals surface area contributed by atoms with Crippen molar-refractivity contribution in [2.45, 2.75) is 154 Å². The Hall–Kier alpha value is -1.24. The second kappa shape index (κ2) is 36.2. The number of nitrogens with zero attached hydrogens (tertiary/aromatic N) is 1. The highest BCUT2D eigenvalue weighted by atomic mass is 16.3. The number of aliphatic hydroxyl groups is 2. The smallest absolute Gasteiger partial charge is 0.0664 e. The molecule has 0 aliphatic heterocycles. The first-order chi connectivity index (χ1) is 21.6. The molecule has 0 fully saturated rings. The average molecular weight is 618 g/mol. The highest BCUT2D eigenvalue weighted by Crippen LogP contribution is 2.07. The van der Waals surface area contributed by atoms with Gasteiger partial charge >= 0.3 is 0 Å². The van der Waals surface area contributed by atoms with Crippen molar-refractivity contribution in [3.8, 4) is 0 Å². The summed E-state index contributed by atoms with van der Waals surface area (Å²) in [5.41, 5.74) is 0. The van der Waals surface area contributed by atoms with E-state index in [1.54, 1.807) is 0 Å². The SMILES string of the molecule is CCCCCC/C=C\C/C=C\CCCCC(O)CNCCN(C)CCNCC(O)CCCC/C=C\C/C=C\CCCCCC. The lowest BCUT2D eigenvalue weighted by molar-refractivity contribution is 0.155. The summed E-state index contributed by atoms with van der Waals surface area (Å²) in [6, 6.07) is 0. The first-order valence-corrected chi connectivity index (χ1v) is 18.7. The standard InChI is InChI=1S/C39H75N3O2/c1-4-6-8-10-12-14-16-18-20-22-24-26-28-30-38(43)36-40-32-34-42(3)35-33-41-37-39(44)31-29-27-25-23-21-19-17-15-13-11-9-7-5-2/h14-17,20-23,38-41,43-44H,4-13,18-19,24-37H2,1-3H3/b16-14-,17-15-,22-20-,23-21-. The Balaban J connectivity index is 3.50. The van der Waals surface area contributed by atoms with Gasteiger partial charge in [0, 0.05) is 39.3 Å². The molecular weight excluding hydrogens is 542 g/mol. The van der Waals surface area contributed by atoms with Crippen molar-refractivity contribution in [1.82, 2.24) is 15.5 Å². The van der Waals surface area contributed by atoms with Crippen LogP contribution >= 0.6 is 0 Å². The second-order valence-corrected chi connectivity index (χ2v) is 12.6. The summed E-state index contributed by atoms with van der Waals surface area (Å²) in [5.74, 6) is 0. The van der Waals surface area contributed by atoms with E-state index in [1.165, 1.54) is 64.2 Å². The Kier molecular flexibility index (Phi) is 35.2. The third kappa shape index (κ3) is 35.2. The number of allylic oxidation sites excluding steroid dienone is 8. The Morgan fingerprint density at radius 2 is 0.864 bits per heavy atom. The fourth-order valence-electron chi connectivity index (χ4n) is 5.07. The van der Waals surface area contributed by atoms with Gasteiger partial charge in [0.05, 0.1) is 12.2 Å². The molecule has 0 radical (unpaired) electrons. The zero-order valence-electron chi connectivity index (χ0n) is 29.5. The van der Waals surface area contributed by atoms with Crippen molar-refractivity contribution in [3.63, 3.8) is 0 Å². The van der Waals surface area contributed by atoms with Gasteiger partial charge in [-0.3, -0.25) is 0 Å². The minimum absolute atomic E-state index is 0.258. The van der Waals surface area contributed by atoms with Gasteiger partial charge in [-0.2, -0.15) is 0 Å². The van der Waals surface area contributed by atoms with Gasteiger partial charge in [0.25, 0.3) is 0 Å². The average Bonchev–Trinajstić information content (AvgIpc) is 3.02. The maximum atomic E-state index is 10.2. The number of unbranched alkanes of at least 4 members (excludes halogenated alkanes) is 12. The van der Waals surface area contributed by atoms with Gasteiger partial charge < -0.3 is 25.7 Å². The lowest BCUT2D eigenvalue weighted by Crippen LogP contribution is -2.38. The van der Waals surface area contributed by atoms with Crippen LogP contribution in [0.25, 0.3) is 0 Å². The van der Waals surface area contributed by atoms with Crippen LogP contribution in [0.15, 0.2) is 48.6 Å². The predicted molar refractivity (Wildman–Crippen MR) is 195 cm³/mol. The van der Waals surface area contributed by atoms with Gasteiger partial charge in [-0.25, -0.2) is 0 Å². The van der Waals surface area contributed by atoms with Gasteiger partial charge in [0.2, 0.25) is 0 Å². The maximum Gasteiger partial charge on any atom is 0.0664 e. The summed E-state index contributed by atoms with van der Waals surface area (Å²) in [6.07, 6.45) is 41.4. The number of nitrogens with one attached hydrogen (secondary N) is 2. The zero-order valence-corrected chi connectivity index (χ0v) is 29.5. The van der Waals surface area contributed by atoms with Crippen LogP contribution in [0.1, 0.15) is 142 Å². The van der Waals surface area contributed by atoms with Crippen LogP contribution in [-0.2, 0) is 0 Å². The Labute approximate surface area is 274 Å². The number of hydrogen-bond donors (Lipinski definition) is 4. The highest BCUT2D eigenvalue weighted by molar-refractivity contribution is 4.93. The van der Waals surface area contributed by atoms with Crippen LogP contribution < -0.4 is 10.6 Å². The normalized spacial score (nSPS) is 14.0. The first-order valence-electron chi connectivity index (χ1n) is 18.7. The van der Waals surface area contributed by atoms with E-state index >= 15 is 0 Å². The van der Waals surface area contributed by atoms with Crippen LogP contribution in [0.5, 0.6) is 0 Å². The fourth-order valence-corrected chi connectivity index (χ4v) is 5.07. The van der Waals surface area contributed by atoms with E-state index in [0.29, 0.717) is 13.1 Å². The van der Waals surface area contributed by atoms with E-state index in [1.807, 2.05) is 0 Å². The van der Waals surface area contributed by atoms with Gasteiger partial charge in [-0.05, 0) is 84.1 Å². The molecule has 0 saturated heterocycles. The summed E-state index contributed by atoms with van der Waals surface area (Å²) in [5, 5.41) is 27.3. The summed E-state index contributed by atoms with van der Waals surface area (Å²) < 4.78 is 0. The third-order valence-electron chi connectivity index (χ3n) is 8.08. The van der Waals surface area contributed by atoms with E-state index in [9.17, 15) is 10.2 Å². The molecule has 0 aromatic rings. The van der Waals surface area contributed by atoms with Crippen LogP contribution in [0.3, 0.4) is 0 Å². The van der Waals surface area contributed by atoms with Crippen LogP contribution in [0.2, 0.25) is 0 Å². The molecule has 0 heterocycles. The molecule has 5 heteroatoms. The lowest BCUT2D eigenvalue weighted by atomic mass is 10.1. The Morgan fingerprint density at radius 3 is 1.23 bits per heavy atom. The molecule has 0 rings (SSSR count). The molecule has 2 unspecified atom stereocenters. The fraction of sp³-hybridized carbons (Fsp3) is 0.795. The van der Waals surface area contributed by atoms with Crippen LogP contribution in [0, 0.1) is 0 Å². The molecule has 0 aromatic carbocycles. The molecule has 5 nitrogen and oxygen atoms in total. The summed E-state index contributed by atoms with van der Waals surface area (Å²) in [4.78, 5) is 2.29. The molecule has 0 saturated carbocycles. The van der Waals surface area contributed by atoms with Crippen LogP contribution in [0.4, 0.5) is 0 Å². The monoisotopic (exact) mass is 618 g/mol. The van der Waals surface area contributed by atoms with Crippen LogP contribution in [-0.4, -0.2) is 73.6 Å². The van der Waals surface area contributed by atoms with Crippen molar-refractivity contribution in [3.05, 3.63) is 48.6 Å². The third-order valence-corrected chi connectivity index (χ3v) is 8.08. The molecule has 2 atom stereocenters. The molecule has 44 heavy (non-hydrogen) atoms. The molecular formula is C39H75N3O2. The van der Waals surface area contributed by atoms with Gasteiger partial charge in [-0.15, -0.1) is 0 Å². The van der Waals surface area contributed by atoms with Crippen molar-refractivity contribution in [2.24, 2.45) is 0 Å². The minimum atomic E-state index is -0.258. The molecule has 0 spiro atoms. The maximum absolute atomic E-state index is 10.2. The van der Waals surface area contributed by atoms with E-state index < -0.39 is 0 Å². The predicted octanol–water partition coefficient (Wildman–Crippen LogP) is 8.89. The highest BCUT2D eigenvalue weighted by Gasteiger charge is 2.05.